The molecule has 2 amide bonds. The molecule has 2 rings (SSSR count). The number of carbonyl (C=O) groups excluding carboxylic acids is 1. The van der Waals surface area contributed by atoms with Crippen LogP contribution >= 0.6 is 0 Å². The van der Waals surface area contributed by atoms with Crippen molar-refractivity contribution in [1.82, 2.24) is 15.6 Å². The van der Waals surface area contributed by atoms with E-state index in [4.69, 9.17) is 0 Å². The molecule has 0 aliphatic carbocycles. The molecule has 2 N–H and O–H groups in total. The van der Waals surface area contributed by atoms with E-state index >= 15 is 0 Å². The van der Waals surface area contributed by atoms with Crippen LogP contribution in [-0.2, 0) is 6.42 Å². The fraction of sp³-hybridized carbons (Fsp3) is 0.250. The van der Waals surface area contributed by atoms with Crippen molar-refractivity contribution in [3.05, 3.63) is 54.0 Å². The van der Waals surface area contributed by atoms with E-state index in [-0.39, 0.29) is 12.4 Å². The molecule has 0 bridgehead atoms. The van der Waals surface area contributed by atoms with Crippen LogP contribution < -0.4 is 10.6 Å². The predicted molar refractivity (Wildman–Crippen MR) is 80.7 cm³/mol. The van der Waals surface area contributed by atoms with Gasteiger partial charge >= 0.3 is 6.03 Å². The first-order chi connectivity index (χ1) is 10.7. The van der Waals surface area contributed by atoms with Gasteiger partial charge in [-0.1, -0.05) is 18.2 Å². The molecule has 22 heavy (non-hydrogen) atoms. The Morgan fingerprint density at radius 2 is 1.86 bits per heavy atom. The van der Waals surface area contributed by atoms with Crippen molar-refractivity contribution < 1.29 is 13.6 Å². The van der Waals surface area contributed by atoms with Crippen molar-refractivity contribution in [1.29, 1.82) is 0 Å². The lowest BCUT2D eigenvalue weighted by Gasteiger charge is -2.10. The Morgan fingerprint density at radius 3 is 2.64 bits per heavy atom. The zero-order valence-electron chi connectivity index (χ0n) is 12.0. The number of nitrogens with one attached hydrogen (secondary N) is 2. The first kappa shape index (κ1) is 15.9. The third-order valence-corrected chi connectivity index (χ3v) is 3.08. The molecule has 2 aromatic rings. The van der Waals surface area contributed by atoms with Gasteiger partial charge in [-0.05, 0) is 30.2 Å². The number of benzene rings is 1. The summed E-state index contributed by atoms with van der Waals surface area (Å²) in [6.07, 6.45) is 2.10. The molecule has 116 valence electrons. The van der Waals surface area contributed by atoms with Gasteiger partial charge in [0.25, 0.3) is 0 Å². The Labute approximate surface area is 127 Å². The quantitative estimate of drug-likeness (QED) is 0.862. The molecule has 6 heteroatoms. The normalized spacial score (nSPS) is 10.3. The fourth-order valence-electron chi connectivity index (χ4n) is 2.07. The van der Waals surface area contributed by atoms with Crippen LogP contribution in [0.15, 0.2) is 42.6 Å². The molecular formula is C16H17F2N3O. The molecule has 1 heterocycles. The van der Waals surface area contributed by atoms with E-state index in [0.29, 0.717) is 24.2 Å². The van der Waals surface area contributed by atoms with Crippen molar-refractivity contribution in [3.8, 4) is 11.3 Å². The highest BCUT2D eigenvalue weighted by Gasteiger charge is 2.10. The number of halogens is 2. The number of rotatable bonds is 6. The number of hydrogen-bond acceptors (Lipinski definition) is 2. The highest BCUT2D eigenvalue weighted by molar-refractivity contribution is 5.73. The van der Waals surface area contributed by atoms with E-state index in [2.05, 4.69) is 15.6 Å². The van der Waals surface area contributed by atoms with E-state index in [1.54, 1.807) is 30.5 Å². The summed E-state index contributed by atoms with van der Waals surface area (Å²) < 4.78 is 25.8. The molecule has 0 aliphatic rings. The molecule has 0 aliphatic heterocycles. The number of carbonyl (C=O) groups is 1. The first-order valence-corrected chi connectivity index (χ1v) is 6.99. The van der Waals surface area contributed by atoms with Gasteiger partial charge in [0.15, 0.2) is 0 Å². The minimum absolute atomic E-state index is 0.0147. The van der Waals surface area contributed by atoms with Gasteiger partial charge in [0.1, 0.15) is 12.5 Å². The molecule has 4 nitrogen and oxygen atoms in total. The van der Waals surface area contributed by atoms with Crippen LogP contribution in [0.5, 0.6) is 0 Å². The summed E-state index contributed by atoms with van der Waals surface area (Å²) in [4.78, 5) is 15.6. The average Bonchev–Trinajstić information content (AvgIpc) is 2.54. The number of pyridine rings is 1. The lowest BCUT2D eigenvalue weighted by Crippen LogP contribution is -2.37. The molecule has 0 radical (unpaired) electrons. The largest absolute Gasteiger partial charge is 0.338 e. The number of urea groups is 1. The SMILES string of the molecule is O=C(NCCF)NCCc1cccnc1-c1ccccc1F. The second-order valence-corrected chi connectivity index (χ2v) is 4.61. The first-order valence-electron chi connectivity index (χ1n) is 6.99. The number of aromatic nitrogens is 1. The van der Waals surface area contributed by atoms with Gasteiger partial charge in [-0.2, -0.15) is 0 Å². The molecule has 0 saturated carbocycles. The highest BCUT2D eigenvalue weighted by Crippen LogP contribution is 2.24. The highest BCUT2D eigenvalue weighted by atomic mass is 19.1. The van der Waals surface area contributed by atoms with E-state index in [0.717, 1.165) is 5.56 Å². The Hall–Kier alpha value is -2.50. The number of amides is 2. The van der Waals surface area contributed by atoms with Gasteiger partial charge in [0.05, 0.1) is 5.69 Å². The van der Waals surface area contributed by atoms with Crippen LogP contribution in [0.25, 0.3) is 11.3 Å². The second-order valence-electron chi connectivity index (χ2n) is 4.61. The summed E-state index contributed by atoms with van der Waals surface area (Å²) in [5.41, 5.74) is 1.82. The summed E-state index contributed by atoms with van der Waals surface area (Å²) in [5, 5.41) is 4.99. The zero-order valence-corrected chi connectivity index (χ0v) is 12.0. The molecule has 1 aromatic heterocycles. The Morgan fingerprint density at radius 1 is 1.09 bits per heavy atom. The maximum Gasteiger partial charge on any atom is 0.314 e. The van der Waals surface area contributed by atoms with Gasteiger partial charge < -0.3 is 10.6 Å². The van der Waals surface area contributed by atoms with E-state index in [9.17, 15) is 13.6 Å². The van der Waals surface area contributed by atoms with Crippen molar-refractivity contribution in [2.45, 2.75) is 6.42 Å². The summed E-state index contributed by atoms with van der Waals surface area (Å²) in [5.74, 6) is -0.337. The van der Waals surface area contributed by atoms with Crippen LogP contribution in [0.3, 0.4) is 0 Å². The van der Waals surface area contributed by atoms with Gasteiger partial charge in [-0.25, -0.2) is 13.6 Å². The lowest BCUT2D eigenvalue weighted by molar-refractivity contribution is 0.240. The van der Waals surface area contributed by atoms with Crippen molar-refractivity contribution in [2.75, 3.05) is 19.8 Å². The molecule has 1 aromatic carbocycles. The van der Waals surface area contributed by atoms with Crippen molar-refractivity contribution in [2.24, 2.45) is 0 Å². The molecule has 0 unspecified atom stereocenters. The van der Waals surface area contributed by atoms with Gasteiger partial charge in [-0.3, -0.25) is 4.98 Å². The van der Waals surface area contributed by atoms with Crippen LogP contribution in [-0.4, -0.2) is 30.8 Å². The molecule has 0 spiro atoms. The van der Waals surface area contributed by atoms with Gasteiger partial charge in [-0.15, -0.1) is 0 Å². The fourth-order valence-corrected chi connectivity index (χ4v) is 2.07. The number of nitrogens with zero attached hydrogens (tertiary/aromatic N) is 1. The maximum atomic E-state index is 13.9. The molecular weight excluding hydrogens is 288 g/mol. The van der Waals surface area contributed by atoms with Crippen LogP contribution in [0.2, 0.25) is 0 Å². The number of alkyl halides is 1. The Bertz CT molecular complexity index is 634. The monoisotopic (exact) mass is 305 g/mol. The van der Waals surface area contributed by atoms with Gasteiger partial charge in [0.2, 0.25) is 0 Å². The summed E-state index contributed by atoms with van der Waals surface area (Å²) >= 11 is 0. The summed E-state index contributed by atoms with van der Waals surface area (Å²) in [6.45, 7) is -0.266. The second kappa shape index (κ2) is 8.07. The van der Waals surface area contributed by atoms with E-state index in [1.807, 2.05) is 6.07 Å². The minimum Gasteiger partial charge on any atom is -0.338 e. The molecule has 0 saturated heterocycles. The third kappa shape index (κ3) is 4.25. The van der Waals surface area contributed by atoms with Crippen molar-refractivity contribution in [3.63, 3.8) is 0 Å². The predicted octanol–water partition coefficient (Wildman–Crippen LogP) is 2.70. The summed E-state index contributed by atoms with van der Waals surface area (Å²) in [7, 11) is 0. The topological polar surface area (TPSA) is 54.0 Å². The molecule has 0 fully saturated rings. The maximum absolute atomic E-state index is 13.9. The van der Waals surface area contributed by atoms with Crippen LogP contribution in [0.4, 0.5) is 13.6 Å². The lowest BCUT2D eigenvalue weighted by atomic mass is 10.0. The number of hydrogen-bond donors (Lipinski definition) is 2. The Balaban J connectivity index is 2.04. The van der Waals surface area contributed by atoms with E-state index in [1.165, 1.54) is 6.07 Å². The van der Waals surface area contributed by atoms with Gasteiger partial charge in [0, 0.05) is 24.8 Å². The van der Waals surface area contributed by atoms with Crippen LogP contribution in [0, 0.1) is 5.82 Å². The van der Waals surface area contributed by atoms with Crippen molar-refractivity contribution >= 4 is 6.03 Å². The smallest absolute Gasteiger partial charge is 0.314 e. The van der Waals surface area contributed by atoms with Crippen LogP contribution in [0.1, 0.15) is 5.56 Å². The standard InChI is InChI=1S/C16H17F2N3O/c17-8-11-21-16(22)20-10-7-12-4-3-9-19-15(12)13-5-1-2-6-14(13)18/h1-6,9H,7-8,10-11H2,(H2,20,21,22). The van der Waals surface area contributed by atoms with E-state index < -0.39 is 12.7 Å². The average molecular weight is 305 g/mol. The zero-order chi connectivity index (χ0) is 15.8. The minimum atomic E-state index is -0.604. The third-order valence-electron chi connectivity index (χ3n) is 3.08. The Kier molecular flexibility index (Phi) is 5.82. The summed E-state index contributed by atoms with van der Waals surface area (Å²) in [6, 6.07) is 9.61. The molecule has 0 atom stereocenters.